The summed E-state index contributed by atoms with van der Waals surface area (Å²) in [5, 5.41) is 0. The molecule has 3 atom stereocenters. The Balaban J connectivity index is 2.48. The number of ether oxygens (including phenoxy) is 5. The van der Waals surface area contributed by atoms with Crippen LogP contribution >= 0.6 is 0 Å². The monoisotopic (exact) mass is 368 g/mol. The number of hydrogen-bond donors (Lipinski definition) is 0. The molecule has 0 saturated carbocycles. The Bertz CT molecular complexity index is 478. The minimum atomic E-state index is -0.237. The Kier molecular flexibility index (Phi) is 11.9. The maximum absolute atomic E-state index is 11.6. The lowest BCUT2D eigenvalue weighted by Gasteiger charge is -2.29. The first kappa shape index (κ1) is 22.6. The van der Waals surface area contributed by atoms with Gasteiger partial charge >= 0.3 is 5.97 Å². The van der Waals surface area contributed by atoms with Gasteiger partial charge in [-0.1, -0.05) is 44.2 Å². The van der Waals surface area contributed by atoms with Gasteiger partial charge in [-0.15, -0.1) is 0 Å². The maximum Gasteiger partial charge on any atom is 0.305 e. The topological polar surface area (TPSA) is 63.2 Å². The van der Waals surface area contributed by atoms with E-state index in [0.29, 0.717) is 19.6 Å². The number of carbonyl (C=O) groups excluding carboxylic acids is 1. The molecule has 1 rings (SSSR count). The first-order valence-corrected chi connectivity index (χ1v) is 8.95. The highest BCUT2D eigenvalue weighted by Crippen LogP contribution is 2.23. The molecule has 0 bridgehead atoms. The highest BCUT2D eigenvalue weighted by molar-refractivity contribution is 5.69. The fourth-order valence-corrected chi connectivity index (χ4v) is 2.79. The second-order valence-electron chi connectivity index (χ2n) is 6.42. The van der Waals surface area contributed by atoms with Gasteiger partial charge in [0.1, 0.15) is 13.6 Å². The summed E-state index contributed by atoms with van der Waals surface area (Å²) in [6.07, 6.45) is 0.984. The van der Waals surface area contributed by atoms with Gasteiger partial charge in [-0.2, -0.15) is 0 Å². The number of esters is 1. The fraction of sp³-hybridized carbons (Fsp3) is 0.650. The molecule has 0 radical (unpaired) electrons. The van der Waals surface area contributed by atoms with Crippen LogP contribution in [0.5, 0.6) is 0 Å². The molecule has 0 N–H and O–H groups in total. The predicted octanol–water partition coefficient (Wildman–Crippen LogP) is 3.39. The van der Waals surface area contributed by atoms with Gasteiger partial charge in [0.05, 0.1) is 26.2 Å². The van der Waals surface area contributed by atoms with E-state index in [0.717, 1.165) is 12.0 Å². The van der Waals surface area contributed by atoms with E-state index >= 15 is 0 Å². The molecule has 0 amide bonds. The quantitative estimate of drug-likeness (QED) is 0.285. The predicted molar refractivity (Wildman–Crippen MR) is 98.4 cm³/mol. The van der Waals surface area contributed by atoms with E-state index in [4.69, 9.17) is 23.7 Å². The molecule has 0 spiro atoms. The summed E-state index contributed by atoms with van der Waals surface area (Å²) in [4.78, 5) is 11.6. The highest BCUT2D eigenvalue weighted by Gasteiger charge is 2.26. The molecule has 0 heterocycles. The highest BCUT2D eigenvalue weighted by atomic mass is 16.7. The molecular weight excluding hydrogens is 336 g/mol. The summed E-state index contributed by atoms with van der Waals surface area (Å²) in [5.41, 5.74) is 1.09. The molecule has 1 aromatic carbocycles. The molecule has 148 valence electrons. The van der Waals surface area contributed by atoms with Crippen molar-refractivity contribution < 1.29 is 28.5 Å². The second-order valence-corrected chi connectivity index (χ2v) is 6.42. The van der Waals surface area contributed by atoms with E-state index in [1.807, 2.05) is 37.3 Å². The summed E-state index contributed by atoms with van der Waals surface area (Å²) in [6, 6.07) is 9.93. The van der Waals surface area contributed by atoms with Crippen LogP contribution in [-0.2, 0) is 35.1 Å². The Labute approximate surface area is 156 Å². The molecule has 26 heavy (non-hydrogen) atoms. The van der Waals surface area contributed by atoms with Crippen molar-refractivity contribution in [3.8, 4) is 0 Å². The first-order chi connectivity index (χ1) is 12.6. The zero-order valence-electron chi connectivity index (χ0n) is 16.3. The van der Waals surface area contributed by atoms with Crippen LogP contribution in [0.15, 0.2) is 30.3 Å². The first-order valence-electron chi connectivity index (χ1n) is 8.95. The Hall–Kier alpha value is -1.47. The minimum absolute atomic E-state index is 0.0141. The van der Waals surface area contributed by atoms with Gasteiger partial charge in [0.2, 0.25) is 0 Å². The number of carbonyl (C=O) groups is 1. The second kappa shape index (κ2) is 13.7. The van der Waals surface area contributed by atoms with Gasteiger partial charge in [-0.25, -0.2) is 0 Å². The molecule has 0 aromatic heterocycles. The number of methoxy groups -OCH3 is 2. The normalized spacial score (nSPS) is 14.6. The summed E-state index contributed by atoms with van der Waals surface area (Å²) < 4.78 is 26.6. The maximum atomic E-state index is 11.6. The van der Waals surface area contributed by atoms with Gasteiger partial charge in [-0.3, -0.25) is 4.79 Å². The van der Waals surface area contributed by atoms with E-state index in [1.54, 1.807) is 7.11 Å². The van der Waals surface area contributed by atoms with Crippen LogP contribution < -0.4 is 0 Å². The van der Waals surface area contributed by atoms with E-state index < -0.39 is 0 Å². The average molecular weight is 368 g/mol. The van der Waals surface area contributed by atoms with Gasteiger partial charge in [0.25, 0.3) is 0 Å². The van der Waals surface area contributed by atoms with Gasteiger partial charge < -0.3 is 23.7 Å². The van der Waals surface area contributed by atoms with E-state index in [2.05, 4.69) is 6.92 Å². The van der Waals surface area contributed by atoms with Gasteiger partial charge in [0.15, 0.2) is 0 Å². The molecule has 0 aliphatic heterocycles. The third-order valence-electron chi connectivity index (χ3n) is 4.21. The number of hydrogen-bond acceptors (Lipinski definition) is 6. The molecule has 6 heteroatoms. The molecule has 1 aromatic rings. The molecule has 0 aliphatic carbocycles. The van der Waals surface area contributed by atoms with Crippen molar-refractivity contribution in [1.82, 2.24) is 0 Å². The summed E-state index contributed by atoms with van der Waals surface area (Å²) in [6.45, 7) is 5.59. The molecule has 0 unspecified atom stereocenters. The third-order valence-corrected chi connectivity index (χ3v) is 4.21. The molecule has 0 aliphatic rings. The van der Waals surface area contributed by atoms with E-state index in [1.165, 1.54) is 7.11 Å². The van der Waals surface area contributed by atoms with Crippen LogP contribution in [0.3, 0.4) is 0 Å². The lowest BCUT2D eigenvalue weighted by atomic mass is 9.89. The summed E-state index contributed by atoms with van der Waals surface area (Å²) in [7, 11) is 2.99. The number of rotatable bonds is 14. The molecular formula is C20H32O6. The van der Waals surface area contributed by atoms with Gasteiger partial charge in [0, 0.05) is 13.7 Å². The van der Waals surface area contributed by atoms with Crippen LogP contribution in [0.1, 0.15) is 32.3 Å². The van der Waals surface area contributed by atoms with Gasteiger partial charge in [-0.05, 0) is 23.8 Å². The van der Waals surface area contributed by atoms with Crippen LogP contribution in [0.2, 0.25) is 0 Å². The standard InChI is InChI=1S/C20H32O6/c1-16(10-11-24-14-22-3)20(17(2)12-19(21)23-4)26-15-25-13-18-8-6-5-7-9-18/h5-9,16-17,20H,10-15H2,1-4H3/t16-,17-,20-/m0/s1. The zero-order valence-corrected chi connectivity index (χ0v) is 16.3. The SMILES string of the molecule is COCOCC[C@H](C)[C@H](OCOCc1ccccc1)[C@@H](C)CC(=O)OC. The largest absolute Gasteiger partial charge is 0.469 e. The lowest BCUT2D eigenvalue weighted by Crippen LogP contribution is -2.32. The molecule has 6 nitrogen and oxygen atoms in total. The van der Waals surface area contributed by atoms with E-state index in [-0.39, 0.29) is 37.5 Å². The van der Waals surface area contributed by atoms with Crippen molar-refractivity contribution in [3.05, 3.63) is 35.9 Å². The Morgan fingerprint density at radius 2 is 1.73 bits per heavy atom. The van der Waals surface area contributed by atoms with Crippen LogP contribution in [0.25, 0.3) is 0 Å². The third kappa shape index (κ3) is 9.29. The molecule has 0 saturated heterocycles. The zero-order chi connectivity index (χ0) is 19.2. The number of benzene rings is 1. The average Bonchev–Trinajstić information content (AvgIpc) is 2.65. The van der Waals surface area contributed by atoms with Crippen LogP contribution in [-0.4, -0.2) is 46.5 Å². The van der Waals surface area contributed by atoms with Crippen molar-refractivity contribution in [3.63, 3.8) is 0 Å². The Morgan fingerprint density at radius 1 is 1.00 bits per heavy atom. The summed E-state index contributed by atoms with van der Waals surface area (Å²) >= 11 is 0. The lowest BCUT2D eigenvalue weighted by molar-refractivity contribution is -0.150. The fourth-order valence-electron chi connectivity index (χ4n) is 2.79. The van der Waals surface area contributed by atoms with Crippen LogP contribution in [0, 0.1) is 11.8 Å². The molecule has 0 fully saturated rings. The van der Waals surface area contributed by atoms with Crippen molar-refractivity contribution in [2.75, 3.05) is 34.4 Å². The van der Waals surface area contributed by atoms with Crippen molar-refractivity contribution in [2.45, 2.75) is 39.4 Å². The smallest absolute Gasteiger partial charge is 0.305 e. The van der Waals surface area contributed by atoms with E-state index in [9.17, 15) is 4.79 Å². The van der Waals surface area contributed by atoms with Crippen molar-refractivity contribution in [2.24, 2.45) is 11.8 Å². The summed E-state index contributed by atoms with van der Waals surface area (Å²) in [5.74, 6) is -0.0221. The van der Waals surface area contributed by atoms with Crippen molar-refractivity contribution >= 4 is 5.97 Å². The van der Waals surface area contributed by atoms with Crippen LogP contribution in [0.4, 0.5) is 0 Å². The Morgan fingerprint density at radius 3 is 2.38 bits per heavy atom. The minimum Gasteiger partial charge on any atom is -0.469 e. The van der Waals surface area contributed by atoms with Crippen molar-refractivity contribution in [1.29, 1.82) is 0 Å².